The molecule has 0 fully saturated rings. The Bertz CT molecular complexity index is 727. The van der Waals surface area contributed by atoms with Crippen molar-refractivity contribution in [1.29, 1.82) is 0 Å². The number of rotatable bonds is 7. The van der Waals surface area contributed by atoms with Crippen LogP contribution < -0.4 is 4.74 Å². The minimum Gasteiger partial charge on any atom is -0.508 e. The van der Waals surface area contributed by atoms with Gasteiger partial charge in [-0.2, -0.15) is 0 Å². The lowest BCUT2D eigenvalue weighted by atomic mass is 10.1. The first kappa shape index (κ1) is 17.3. The van der Waals surface area contributed by atoms with Gasteiger partial charge >= 0.3 is 5.97 Å². The van der Waals surface area contributed by atoms with Crippen molar-refractivity contribution < 1.29 is 24.2 Å². The molecule has 0 atom stereocenters. The number of aryl methyl sites for hydroxylation is 1. The zero-order valence-electron chi connectivity index (χ0n) is 13.6. The maximum absolute atomic E-state index is 10.9. The molecule has 0 aliphatic rings. The smallest absolute Gasteiger partial charge is 0.352 e. The topological polar surface area (TPSA) is 77.4 Å². The van der Waals surface area contributed by atoms with Gasteiger partial charge in [-0.25, -0.2) is 4.79 Å². The van der Waals surface area contributed by atoms with Crippen LogP contribution in [0.15, 0.2) is 47.6 Å². The summed E-state index contributed by atoms with van der Waals surface area (Å²) >= 11 is 0. The molecule has 0 aliphatic carbocycles. The van der Waals surface area contributed by atoms with Crippen LogP contribution in [-0.2, 0) is 27.6 Å². The highest BCUT2D eigenvalue weighted by molar-refractivity contribution is 6.22. The lowest BCUT2D eigenvalue weighted by Gasteiger charge is -2.12. The molecule has 0 saturated carbocycles. The lowest BCUT2D eigenvalue weighted by molar-refractivity contribution is -0.132. The number of hydrogen-bond acceptors (Lipinski definition) is 6. The fourth-order valence-corrected chi connectivity index (χ4v) is 2.03. The summed E-state index contributed by atoms with van der Waals surface area (Å²) in [5, 5.41) is 13.0. The van der Waals surface area contributed by atoms with Crippen molar-refractivity contribution >= 4 is 12.2 Å². The van der Waals surface area contributed by atoms with E-state index < -0.39 is 5.97 Å². The van der Waals surface area contributed by atoms with E-state index in [1.807, 2.05) is 31.2 Å². The normalized spacial score (nSPS) is 10.6. The van der Waals surface area contributed by atoms with E-state index in [1.54, 1.807) is 18.2 Å². The highest BCUT2D eigenvalue weighted by atomic mass is 16.6. The van der Waals surface area contributed by atoms with Gasteiger partial charge in [-0.3, -0.25) is 0 Å². The van der Waals surface area contributed by atoms with E-state index >= 15 is 0 Å². The maximum atomic E-state index is 10.9. The number of ether oxygens (including phenoxy) is 2. The molecule has 2 rings (SSSR count). The van der Waals surface area contributed by atoms with Gasteiger partial charge in [0.05, 0.1) is 7.11 Å². The summed E-state index contributed by atoms with van der Waals surface area (Å²) in [5.74, 6) is 0.332. The molecule has 0 heterocycles. The molecule has 0 amide bonds. The number of phenols is 1. The zero-order chi connectivity index (χ0) is 17.4. The first-order valence-electron chi connectivity index (χ1n) is 7.32. The van der Waals surface area contributed by atoms with E-state index in [1.165, 1.54) is 7.11 Å². The molecule has 24 heavy (non-hydrogen) atoms. The average Bonchev–Trinajstić information content (AvgIpc) is 2.58. The number of aromatic hydroxyl groups is 1. The molecule has 6 heteroatoms. The van der Waals surface area contributed by atoms with Crippen LogP contribution in [0.1, 0.15) is 16.7 Å². The fraction of sp³-hybridized carbons (Fsp3) is 0.222. The van der Waals surface area contributed by atoms with Crippen molar-refractivity contribution in [3.8, 4) is 11.5 Å². The third-order valence-corrected chi connectivity index (χ3v) is 3.31. The molecule has 1 N–H and O–H groups in total. The van der Waals surface area contributed by atoms with Crippen LogP contribution in [0.4, 0.5) is 0 Å². The van der Waals surface area contributed by atoms with E-state index in [0.29, 0.717) is 12.4 Å². The second-order valence-corrected chi connectivity index (χ2v) is 5.04. The van der Waals surface area contributed by atoms with Gasteiger partial charge in [0.1, 0.15) is 24.7 Å². The van der Waals surface area contributed by atoms with Crippen molar-refractivity contribution in [2.45, 2.75) is 20.1 Å². The van der Waals surface area contributed by atoms with Crippen molar-refractivity contribution in [2.75, 3.05) is 7.11 Å². The number of phenolic OH excluding ortho intramolecular Hbond substituents is 1. The first-order valence-corrected chi connectivity index (χ1v) is 7.32. The van der Waals surface area contributed by atoms with Crippen LogP contribution in [0, 0.1) is 6.92 Å². The van der Waals surface area contributed by atoms with E-state index in [9.17, 15) is 9.90 Å². The molecule has 0 unspecified atom stereocenters. The van der Waals surface area contributed by atoms with E-state index in [4.69, 9.17) is 9.57 Å². The van der Waals surface area contributed by atoms with Gasteiger partial charge in [0.2, 0.25) is 0 Å². The Morgan fingerprint density at radius 3 is 2.54 bits per heavy atom. The summed E-state index contributed by atoms with van der Waals surface area (Å²) in [5.41, 5.74) is 2.69. The molecule has 0 aromatic heterocycles. The Labute approximate surface area is 140 Å². The maximum Gasteiger partial charge on any atom is 0.352 e. The fourth-order valence-electron chi connectivity index (χ4n) is 2.03. The van der Waals surface area contributed by atoms with E-state index in [-0.39, 0.29) is 12.4 Å². The largest absolute Gasteiger partial charge is 0.508 e. The number of esters is 1. The van der Waals surface area contributed by atoms with Crippen LogP contribution >= 0.6 is 0 Å². The highest BCUT2D eigenvalue weighted by Crippen LogP contribution is 2.23. The van der Waals surface area contributed by atoms with Gasteiger partial charge in [0, 0.05) is 0 Å². The lowest BCUT2D eigenvalue weighted by Crippen LogP contribution is -2.03. The van der Waals surface area contributed by atoms with Gasteiger partial charge in [-0.15, -0.1) is 0 Å². The van der Waals surface area contributed by atoms with Gasteiger partial charge in [0.25, 0.3) is 0 Å². The van der Waals surface area contributed by atoms with Crippen molar-refractivity contribution in [2.24, 2.45) is 5.16 Å². The van der Waals surface area contributed by atoms with Crippen LogP contribution in [-0.4, -0.2) is 24.4 Å². The number of nitrogens with zero attached hydrogens (tertiary/aromatic N) is 1. The molecule has 0 aliphatic heterocycles. The Hall–Kier alpha value is -3.02. The van der Waals surface area contributed by atoms with Crippen LogP contribution in [0.5, 0.6) is 11.5 Å². The molecule has 0 saturated heterocycles. The number of oxime groups is 1. The second-order valence-electron chi connectivity index (χ2n) is 5.04. The Morgan fingerprint density at radius 2 is 1.88 bits per heavy atom. The predicted octanol–water partition coefficient (Wildman–Crippen LogP) is 2.96. The Kier molecular flexibility index (Phi) is 6.19. The summed E-state index contributed by atoms with van der Waals surface area (Å²) in [6.45, 7) is 2.43. The number of hydrogen-bond donors (Lipinski definition) is 1. The molecular weight excluding hydrogens is 310 g/mol. The van der Waals surface area contributed by atoms with Gasteiger partial charge in [0.15, 0.2) is 6.21 Å². The molecule has 126 valence electrons. The Balaban J connectivity index is 1.98. The van der Waals surface area contributed by atoms with Crippen LogP contribution in [0.2, 0.25) is 0 Å². The third-order valence-electron chi connectivity index (χ3n) is 3.31. The quantitative estimate of drug-likeness (QED) is 0.480. The van der Waals surface area contributed by atoms with E-state index in [2.05, 4.69) is 9.89 Å². The number of methoxy groups -OCH3 is 1. The molecule has 0 spiro atoms. The number of carbonyl (C=O) groups is 1. The molecule has 6 nitrogen and oxygen atoms in total. The average molecular weight is 329 g/mol. The summed E-state index contributed by atoms with van der Waals surface area (Å²) in [6.07, 6.45) is 0.971. The van der Waals surface area contributed by atoms with Crippen molar-refractivity contribution in [3.63, 3.8) is 0 Å². The minimum atomic E-state index is -0.575. The monoisotopic (exact) mass is 329 g/mol. The summed E-state index contributed by atoms with van der Waals surface area (Å²) in [7, 11) is 1.27. The minimum absolute atomic E-state index is 0.206. The number of benzene rings is 2. The van der Waals surface area contributed by atoms with Crippen LogP contribution in [0.25, 0.3) is 0 Å². The predicted molar refractivity (Wildman–Crippen MR) is 88.9 cm³/mol. The first-order chi connectivity index (χ1) is 11.6. The van der Waals surface area contributed by atoms with Crippen LogP contribution in [0.3, 0.4) is 0 Å². The van der Waals surface area contributed by atoms with Crippen molar-refractivity contribution in [3.05, 3.63) is 59.2 Å². The third kappa shape index (κ3) is 5.01. The molecule has 2 aromatic carbocycles. The van der Waals surface area contributed by atoms with Gasteiger partial charge in [-0.1, -0.05) is 29.4 Å². The highest BCUT2D eigenvalue weighted by Gasteiger charge is 2.06. The Morgan fingerprint density at radius 1 is 1.17 bits per heavy atom. The standard InChI is InChI=1S/C18H19NO5/c1-13-9-16(20)7-8-17(13)23-11-14-5-3-4-6-15(14)12-24-19-10-18(21)22-2/h3-10,20H,11-12H2,1-2H3. The molecule has 2 aromatic rings. The summed E-state index contributed by atoms with van der Waals surface area (Å²) in [6, 6.07) is 12.6. The summed E-state index contributed by atoms with van der Waals surface area (Å²) in [4.78, 5) is 16.0. The second kappa shape index (κ2) is 8.57. The number of carbonyl (C=O) groups excluding carboxylic acids is 1. The summed E-state index contributed by atoms with van der Waals surface area (Å²) < 4.78 is 10.2. The van der Waals surface area contributed by atoms with E-state index in [0.717, 1.165) is 22.9 Å². The zero-order valence-corrected chi connectivity index (χ0v) is 13.6. The van der Waals surface area contributed by atoms with Gasteiger partial charge in [-0.05, 0) is 41.8 Å². The SMILES string of the molecule is COC(=O)C=NOCc1ccccc1COc1ccc(O)cc1C. The molecular formula is C18H19NO5. The molecule has 0 bridgehead atoms. The van der Waals surface area contributed by atoms with Gasteiger partial charge < -0.3 is 19.4 Å². The van der Waals surface area contributed by atoms with Crippen molar-refractivity contribution in [1.82, 2.24) is 0 Å². The molecule has 0 radical (unpaired) electrons.